The van der Waals surface area contributed by atoms with Gasteiger partial charge in [0.25, 0.3) is 5.91 Å². The van der Waals surface area contributed by atoms with Gasteiger partial charge in [-0.3, -0.25) is 9.78 Å². The van der Waals surface area contributed by atoms with Gasteiger partial charge in [-0.05, 0) is 36.4 Å². The maximum Gasteiger partial charge on any atom is 0.338 e. The van der Waals surface area contributed by atoms with Crippen LogP contribution in [0.3, 0.4) is 0 Å². The Morgan fingerprint density at radius 2 is 1.91 bits per heavy atom. The minimum absolute atomic E-state index is 0. The number of aromatic nitrogens is 1. The number of hydrogen-bond donors (Lipinski definition) is 1. The Morgan fingerprint density at radius 3 is 2.52 bits per heavy atom. The highest BCUT2D eigenvalue weighted by molar-refractivity contribution is 5.93. The molecule has 0 spiro atoms. The molecule has 0 aliphatic heterocycles. The average molecular weight is 332 g/mol. The number of nitriles is 1. The van der Waals surface area contributed by atoms with E-state index in [0.29, 0.717) is 16.7 Å². The monoisotopic (exact) mass is 331 g/mol. The molecule has 118 valence electrons. The van der Waals surface area contributed by atoms with Crippen molar-refractivity contribution in [2.45, 2.75) is 0 Å². The normalized spacial score (nSPS) is 9.17. The summed E-state index contributed by atoms with van der Waals surface area (Å²) < 4.78 is 5.04. The molecule has 0 saturated heterocycles. The quantitative estimate of drug-likeness (QED) is 0.668. The Morgan fingerprint density at radius 1 is 1.17 bits per heavy atom. The fourth-order valence-electron chi connectivity index (χ4n) is 1.67. The van der Waals surface area contributed by atoms with Crippen molar-refractivity contribution in [3.8, 4) is 6.07 Å². The van der Waals surface area contributed by atoms with Crippen LogP contribution < -0.4 is 5.32 Å². The van der Waals surface area contributed by atoms with Gasteiger partial charge in [-0.15, -0.1) is 12.4 Å². The van der Waals surface area contributed by atoms with Crippen molar-refractivity contribution >= 4 is 24.3 Å². The predicted octanol–water partition coefficient (Wildman–Crippen LogP) is 1.96. The number of halogens is 1. The number of amides is 1. The Labute approximate surface area is 139 Å². The molecule has 0 aliphatic carbocycles. The molecule has 1 aromatic carbocycles. The lowest BCUT2D eigenvalue weighted by Crippen LogP contribution is -2.28. The third-order valence-corrected chi connectivity index (χ3v) is 2.79. The molecule has 7 heteroatoms. The van der Waals surface area contributed by atoms with Crippen LogP contribution in [0.25, 0.3) is 0 Å². The van der Waals surface area contributed by atoms with Gasteiger partial charge in [0, 0.05) is 12.4 Å². The van der Waals surface area contributed by atoms with E-state index >= 15 is 0 Å². The highest BCUT2D eigenvalue weighted by Gasteiger charge is 2.08. The second-order valence-corrected chi connectivity index (χ2v) is 4.32. The van der Waals surface area contributed by atoms with Crippen LogP contribution in [-0.2, 0) is 4.74 Å². The standard InChI is InChI=1S/C16H13N3O3.ClH/c17-10-12-3-5-13(6-4-12)16(21)22-9-8-19-15(20)14-2-1-7-18-11-14;/h1-7,11H,8-9H2,(H,19,20);1H. The molecule has 1 amide bonds. The predicted molar refractivity (Wildman–Crippen MR) is 85.3 cm³/mol. The Hall–Kier alpha value is -2.91. The summed E-state index contributed by atoms with van der Waals surface area (Å²) in [6.07, 6.45) is 3.04. The first-order valence-electron chi connectivity index (χ1n) is 6.56. The lowest BCUT2D eigenvalue weighted by Gasteiger charge is -2.06. The van der Waals surface area contributed by atoms with E-state index in [1.54, 1.807) is 30.5 Å². The maximum atomic E-state index is 11.7. The molecule has 1 N–H and O–H groups in total. The van der Waals surface area contributed by atoms with Crippen molar-refractivity contribution in [3.63, 3.8) is 0 Å². The van der Waals surface area contributed by atoms with Crippen molar-refractivity contribution in [2.75, 3.05) is 13.2 Å². The maximum absolute atomic E-state index is 11.7. The number of carbonyl (C=O) groups is 2. The number of hydrogen-bond acceptors (Lipinski definition) is 5. The largest absolute Gasteiger partial charge is 0.460 e. The molecular weight excluding hydrogens is 318 g/mol. The first-order chi connectivity index (χ1) is 10.7. The van der Waals surface area contributed by atoms with Crippen LogP contribution in [0, 0.1) is 11.3 Å². The average Bonchev–Trinajstić information content (AvgIpc) is 2.59. The summed E-state index contributed by atoms with van der Waals surface area (Å²) >= 11 is 0. The van der Waals surface area contributed by atoms with E-state index in [0.717, 1.165) is 0 Å². The second-order valence-electron chi connectivity index (χ2n) is 4.32. The van der Waals surface area contributed by atoms with Gasteiger partial charge in [0.2, 0.25) is 0 Å². The fourth-order valence-corrected chi connectivity index (χ4v) is 1.67. The Bertz CT molecular complexity index is 697. The summed E-state index contributed by atoms with van der Waals surface area (Å²) in [6, 6.07) is 11.4. The van der Waals surface area contributed by atoms with Crippen molar-refractivity contribution in [3.05, 3.63) is 65.5 Å². The van der Waals surface area contributed by atoms with Crippen LogP contribution >= 0.6 is 12.4 Å². The molecule has 6 nitrogen and oxygen atoms in total. The van der Waals surface area contributed by atoms with Gasteiger partial charge in [0.05, 0.1) is 29.3 Å². The minimum atomic E-state index is -0.500. The van der Waals surface area contributed by atoms with Gasteiger partial charge in [-0.1, -0.05) is 0 Å². The molecule has 1 aromatic heterocycles. The second kappa shape index (κ2) is 9.18. The van der Waals surface area contributed by atoms with Gasteiger partial charge >= 0.3 is 5.97 Å². The van der Waals surface area contributed by atoms with Gasteiger partial charge < -0.3 is 10.1 Å². The van der Waals surface area contributed by atoms with Gasteiger partial charge in [0.15, 0.2) is 0 Å². The molecule has 0 radical (unpaired) electrons. The number of nitrogens with one attached hydrogen (secondary N) is 1. The summed E-state index contributed by atoms with van der Waals surface area (Å²) in [4.78, 5) is 27.3. The number of nitrogens with zero attached hydrogens (tertiary/aromatic N) is 2. The molecular formula is C16H14ClN3O3. The van der Waals surface area contributed by atoms with Crippen molar-refractivity contribution in [1.82, 2.24) is 10.3 Å². The summed E-state index contributed by atoms with van der Waals surface area (Å²) in [5.41, 5.74) is 1.28. The smallest absolute Gasteiger partial charge is 0.338 e. The number of rotatable bonds is 5. The molecule has 0 aliphatic rings. The van der Waals surface area contributed by atoms with Gasteiger partial charge in [0.1, 0.15) is 6.61 Å². The van der Waals surface area contributed by atoms with Crippen LogP contribution in [0.5, 0.6) is 0 Å². The van der Waals surface area contributed by atoms with Crippen LogP contribution in [-0.4, -0.2) is 30.0 Å². The van der Waals surface area contributed by atoms with Gasteiger partial charge in [-0.2, -0.15) is 5.26 Å². The zero-order valence-corrected chi connectivity index (χ0v) is 12.9. The molecule has 0 saturated carbocycles. The van der Waals surface area contributed by atoms with Crippen molar-refractivity contribution in [1.29, 1.82) is 5.26 Å². The molecule has 1 heterocycles. The first kappa shape index (κ1) is 18.1. The summed E-state index contributed by atoms with van der Waals surface area (Å²) in [5.74, 6) is -0.775. The van der Waals surface area contributed by atoms with E-state index in [1.165, 1.54) is 18.3 Å². The van der Waals surface area contributed by atoms with E-state index in [9.17, 15) is 9.59 Å². The third-order valence-electron chi connectivity index (χ3n) is 2.79. The lowest BCUT2D eigenvalue weighted by atomic mass is 10.1. The topological polar surface area (TPSA) is 92.1 Å². The molecule has 0 fully saturated rings. The first-order valence-corrected chi connectivity index (χ1v) is 6.56. The van der Waals surface area contributed by atoms with Crippen LogP contribution in [0.4, 0.5) is 0 Å². The SMILES string of the molecule is Cl.N#Cc1ccc(C(=O)OCCNC(=O)c2cccnc2)cc1. The third kappa shape index (κ3) is 5.41. The summed E-state index contributed by atoms with van der Waals surface area (Å²) in [7, 11) is 0. The molecule has 0 atom stereocenters. The highest BCUT2D eigenvalue weighted by atomic mass is 35.5. The van der Waals surface area contributed by atoms with E-state index in [4.69, 9.17) is 10.00 Å². The van der Waals surface area contributed by atoms with E-state index in [1.807, 2.05) is 6.07 Å². The molecule has 23 heavy (non-hydrogen) atoms. The molecule has 0 unspecified atom stereocenters. The Balaban J connectivity index is 0.00000264. The van der Waals surface area contributed by atoms with Gasteiger partial charge in [-0.25, -0.2) is 4.79 Å². The van der Waals surface area contributed by atoms with E-state index in [-0.39, 0.29) is 31.5 Å². The fraction of sp³-hybridized carbons (Fsp3) is 0.125. The zero-order valence-electron chi connectivity index (χ0n) is 12.1. The number of benzene rings is 1. The number of esters is 1. The number of ether oxygens (including phenoxy) is 1. The minimum Gasteiger partial charge on any atom is -0.460 e. The number of carbonyl (C=O) groups excluding carboxylic acids is 2. The van der Waals surface area contributed by atoms with Crippen molar-refractivity contribution in [2.24, 2.45) is 0 Å². The van der Waals surface area contributed by atoms with Crippen molar-refractivity contribution < 1.29 is 14.3 Å². The van der Waals surface area contributed by atoms with E-state index < -0.39 is 5.97 Å². The zero-order chi connectivity index (χ0) is 15.8. The highest BCUT2D eigenvalue weighted by Crippen LogP contribution is 2.04. The summed E-state index contributed by atoms with van der Waals surface area (Å²) in [5, 5.41) is 11.3. The van der Waals surface area contributed by atoms with Crippen LogP contribution in [0.1, 0.15) is 26.3 Å². The molecule has 0 bridgehead atoms. The number of pyridine rings is 1. The Kier molecular flexibility index (Phi) is 7.24. The molecule has 2 aromatic rings. The molecule has 2 rings (SSSR count). The van der Waals surface area contributed by atoms with E-state index in [2.05, 4.69) is 10.3 Å². The lowest BCUT2D eigenvalue weighted by molar-refractivity contribution is 0.0503. The summed E-state index contributed by atoms with van der Waals surface area (Å²) in [6.45, 7) is 0.264. The van der Waals surface area contributed by atoms with Crippen LogP contribution in [0.15, 0.2) is 48.8 Å². The van der Waals surface area contributed by atoms with Crippen LogP contribution in [0.2, 0.25) is 0 Å².